The second-order valence-corrected chi connectivity index (χ2v) is 5.96. The highest BCUT2D eigenvalue weighted by molar-refractivity contribution is 5.40. The number of hydrogen-bond donors (Lipinski definition) is 1. The van der Waals surface area contributed by atoms with Gasteiger partial charge < -0.3 is 5.73 Å². The van der Waals surface area contributed by atoms with Crippen molar-refractivity contribution in [3.63, 3.8) is 0 Å². The zero-order valence-corrected chi connectivity index (χ0v) is 10.9. The normalized spacial score (nSPS) is 28.3. The van der Waals surface area contributed by atoms with E-state index in [-0.39, 0.29) is 11.0 Å². The highest BCUT2D eigenvalue weighted by Crippen LogP contribution is 2.51. The Morgan fingerprint density at radius 3 is 2.38 bits per heavy atom. The average Bonchev–Trinajstić information content (AvgIpc) is 2.47. The number of hydrogen-bond acceptors (Lipinski definition) is 1. The molecule has 2 rings (SSSR count). The van der Waals surface area contributed by atoms with Crippen molar-refractivity contribution in [3.05, 3.63) is 34.9 Å². The molecule has 0 amide bonds. The van der Waals surface area contributed by atoms with Crippen LogP contribution in [-0.2, 0) is 5.54 Å². The van der Waals surface area contributed by atoms with Gasteiger partial charge in [-0.15, -0.1) is 0 Å². The van der Waals surface area contributed by atoms with Gasteiger partial charge in [-0.05, 0) is 48.8 Å². The van der Waals surface area contributed by atoms with Crippen LogP contribution < -0.4 is 5.73 Å². The first kappa shape index (κ1) is 11.7. The van der Waals surface area contributed by atoms with Crippen LogP contribution >= 0.6 is 0 Å². The highest BCUT2D eigenvalue weighted by Gasteiger charge is 2.47. The maximum atomic E-state index is 6.73. The summed E-state index contributed by atoms with van der Waals surface area (Å²) in [6, 6.07) is 6.53. The average molecular weight is 217 g/mol. The summed E-state index contributed by atoms with van der Waals surface area (Å²) >= 11 is 0. The second kappa shape index (κ2) is 3.59. The van der Waals surface area contributed by atoms with Crippen LogP contribution in [0.2, 0.25) is 0 Å². The van der Waals surface area contributed by atoms with Crippen LogP contribution in [0, 0.1) is 19.3 Å². The lowest BCUT2D eigenvalue weighted by atomic mass is 9.70. The molecule has 1 aliphatic rings. The molecule has 0 aromatic heterocycles. The quantitative estimate of drug-likeness (QED) is 0.763. The molecule has 1 aliphatic carbocycles. The van der Waals surface area contributed by atoms with Crippen LogP contribution in [0.3, 0.4) is 0 Å². The molecule has 1 nitrogen and oxygen atoms in total. The smallest absolute Gasteiger partial charge is 0.0464 e. The molecule has 0 spiro atoms. The first-order valence-electron chi connectivity index (χ1n) is 6.24. The Morgan fingerprint density at radius 1 is 1.12 bits per heavy atom. The first-order chi connectivity index (χ1) is 7.38. The van der Waals surface area contributed by atoms with Gasteiger partial charge in [0.25, 0.3) is 0 Å². The summed E-state index contributed by atoms with van der Waals surface area (Å²) in [7, 11) is 0. The van der Waals surface area contributed by atoms with Gasteiger partial charge in [0.15, 0.2) is 0 Å². The summed E-state index contributed by atoms with van der Waals surface area (Å²) in [5.41, 5.74) is 10.9. The lowest BCUT2D eigenvalue weighted by molar-refractivity contribution is 0.209. The molecular weight excluding hydrogens is 194 g/mol. The van der Waals surface area contributed by atoms with Gasteiger partial charge in [0, 0.05) is 5.54 Å². The molecule has 1 heteroatoms. The van der Waals surface area contributed by atoms with Crippen molar-refractivity contribution < 1.29 is 0 Å². The molecule has 1 aromatic rings. The van der Waals surface area contributed by atoms with E-state index in [2.05, 4.69) is 45.9 Å². The van der Waals surface area contributed by atoms with Crippen LogP contribution in [0.25, 0.3) is 0 Å². The highest BCUT2D eigenvalue weighted by atomic mass is 14.8. The van der Waals surface area contributed by atoms with Crippen LogP contribution in [0.4, 0.5) is 0 Å². The lowest BCUT2D eigenvalue weighted by Crippen LogP contribution is -2.46. The topological polar surface area (TPSA) is 26.0 Å². The Kier molecular flexibility index (Phi) is 2.62. The molecule has 0 aliphatic heterocycles. The summed E-state index contributed by atoms with van der Waals surface area (Å²) in [6.07, 6.45) is 3.60. The van der Waals surface area contributed by atoms with Crippen molar-refractivity contribution in [2.45, 2.75) is 52.5 Å². The van der Waals surface area contributed by atoms with E-state index in [0.717, 1.165) is 6.42 Å². The molecule has 0 bridgehead atoms. The minimum absolute atomic E-state index is 0.136. The van der Waals surface area contributed by atoms with Crippen molar-refractivity contribution >= 4 is 0 Å². The van der Waals surface area contributed by atoms with Gasteiger partial charge in [0.05, 0.1) is 0 Å². The molecule has 0 radical (unpaired) electrons. The number of rotatable bonds is 1. The molecule has 1 aromatic carbocycles. The lowest BCUT2D eigenvalue weighted by Gasteiger charge is -2.40. The molecule has 0 heterocycles. The molecule has 2 N–H and O–H groups in total. The number of aryl methyl sites for hydroxylation is 1. The van der Waals surface area contributed by atoms with Crippen LogP contribution in [0.15, 0.2) is 18.2 Å². The zero-order valence-electron chi connectivity index (χ0n) is 10.9. The largest absolute Gasteiger partial charge is 0.321 e. The predicted molar refractivity (Wildman–Crippen MR) is 69.4 cm³/mol. The number of benzene rings is 1. The third kappa shape index (κ3) is 1.49. The zero-order chi connectivity index (χ0) is 12.0. The monoisotopic (exact) mass is 217 g/mol. The van der Waals surface area contributed by atoms with Crippen molar-refractivity contribution in [2.75, 3.05) is 0 Å². The van der Waals surface area contributed by atoms with Crippen molar-refractivity contribution in [1.29, 1.82) is 0 Å². The van der Waals surface area contributed by atoms with E-state index in [1.54, 1.807) is 0 Å². The van der Waals surface area contributed by atoms with Gasteiger partial charge in [-0.25, -0.2) is 0 Å². The van der Waals surface area contributed by atoms with Gasteiger partial charge in [-0.1, -0.05) is 38.5 Å². The van der Waals surface area contributed by atoms with Gasteiger partial charge in [-0.2, -0.15) is 0 Å². The third-order valence-corrected chi connectivity index (χ3v) is 4.67. The molecule has 1 saturated carbocycles. The van der Waals surface area contributed by atoms with Gasteiger partial charge in [0.2, 0.25) is 0 Å². The second-order valence-electron chi connectivity index (χ2n) is 5.96. The molecule has 1 atom stereocenters. The van der Waals surface area contributed by atoms with Gasteiger partial charge >= 0.3 is 0 Å². The molecule has 16 heavy (non-hydrogen) atoms. The fraction of sp³-hybridized carbons (Fsp3) is 0.600. The fourth-order valence-corrected chi connectivity index (χ4v) is 3.10. The Bertz CT molecular complexity index is 406. The maximum absolute atomic E-state index is 6.73. The van der Waals surface area contributed by atoms with Crippen LogP contribution in [0.5, 0.6) is 0 Å². The summed E-state index contributed by atoms with van der Waals surface area (Å²) in [5, 5.41) is 0. The molecular formula is C15H23N. The van der Waals surface area contributed by atoms with E-state index in [1.165, 1.54) is 29.5 Å². The van der Waals surface area contributed by atoms with Crippen molar-refractivity contribution in [2.24, 2.45) is 11.1 Å². The minimum Gasteiger partial charge on any atom is -0.321 e. The maximum Gasteiger partial charge on any atom is 0.0464 e. The Morgan fingerprint density at radius 2 is 1.81 bits per heavy atom. The summed E-state index contributed by atoms with van der Waals surface area (Å²) in [5.74, 6) is 0. The first-order valence-corrected chi connectivity index (χ1v) is 6.24. The fourth-order valence-electron chi connectivity index (χ4n) is 3.10. The Hall–Kier alpha value is -0.820. The van der Waals surface area contributed by atoms with Gasteiger partial charge in [-0.3, -0.25) is 0 Å². The molecule has 0 saturated heterocycles. The predicted octanol–water partition coefficient (Wildman–Crippen LogP) is 3.67. The minimum atomic E-state index is -0.136. The molecule has 1 fully saturated rings. The van der Waals surface area contributed by atoms with Gasteiger partial charge in [0.1, 0.15) is 0 Å². The standard InChI is InChI=1S/C15H23N/c1-11-7-5-8-13(12(11)2)15(16)10-6-9-14(15,3)4/h5,7-8H,6,9-10,16H2,1-4H3. The van der Waals surface area contributed by atoms with E-state index in [0.29, 0.717) is 0 Å². The Labute approximate surface area is 99.0 Å². The molecule has 88 valence electrons. The summed E-state index contributed by atoms with van der Waals surface area (Å²) < 4.78 is 0. The van der Waals surface area contributed by atoms with E-state index >= 15 is 0 Å². The summed E-state index contributed by atoms with van der Waals surface area (Å²) in [6.45, 7) is 8.99. The van der Waals surface area contributed by atoms with Crippen molar-refractivity contribution in [3.8, 4) is 0 Å². The van der Waals surface area contributed by atoms with Crippen LogP contribution in [0.1, 0.15) is 49.8 Å². The molecule has 1 unspecified atom stereocenters. The summed E-state index contributed by atoms with van der Waals surface area (Å²) in [4.78, 5) is 0. The van der Waals surface area contributed by atoms with E-state index < -0.39 is 0 Å². The Balaban J connectivity index is 2.55. The van der Waals surface area contributed by atoms with E-state index in [4.69, 9.17) is 5.73 Å². The third-order valence-electron chi connectivity index (χ3n) is 4.67. The SMILES string of the molecule is Cc1cccc(C2(N)CCCC2(C)C)c1C. The van der Waals surface area contributed by atoms with Crippen LogP contribution in [-0.4, -0.2) is 0 Å². The van der Waals surface area contributed by atoms with Crippen molar-refractivity contribution in [1.82, 2.24) is 0 Å². The van der Waals surface area contributed by atoms with E-state index in [1.807, 2.05) is 0 Å². The number of nitrogens with two attached hydrogens (primary N) is 1. The van der Waals surface area contributed by atoms with E-state index in [9.17, 15) is 0 Å².